The molecule has 1 aliphatic rings. The minimum atomic E-state index is -0.539. The maximum absolute atomic E-state index is 13.4. The Labute approximate surface area is 197 Å². The van der Waals surface area contributed by atoms with Crippen molar-refractivity contribution in [2.24, 2.45) is 5.92 Å². The first-order valence-electron chi connectivity index (χ1n) is 10.8. The van der Waals surface area contributed by atoms with Gasteiger partial charge in [0.05, 0.1) is 22.8 Å². The van der Waals surface area contributed by atoms with Gasteiger partial charge in [0.2, 0.25) is 5.91 Å². The first-order valence-corrected chi connectivity index (χ1v) is 11.6. The average Bonchev–Trinajstić information content (AvgIpc) is 2.81. The van der Waals surface area contributed by atoms with Crippen molar-refractivity contribution in [2.75, 3.05) is 12.0 Å². The van der Waals surface area contributed by atoms with E-state index in [0.717, 1.165) is 38.4 Å². The van der Waals surface area contributed by atoms with Crippen LogP contribution in [0.3, 0.4) is 0 Å². The third-order valence-electron chi connectivity index (χ3n) is 5.66. The highest BCUT2D eigenvalue weighted by Crippen LogP contribution is 2.35. The van der Waals surface area contributed by atoms with E-state index >= 15 is 0 Å². The van der Waals surface area contributed by atoms with E-state index in [0.29, 0.717) is 27.2 Å². The van der Waals surface area contributed by atoms with E-state index in [9.17, 15) is 14.4 Å². The number of hydrogen-bond acceptors (Lipinski definition) is 5. The fraction of sp³-hybridized carbons (Fsp3) is 0.400. The molecule has 2 aromatic rings. The third kappa shape index (κ3) is 5.38. The highest BCUT2D eigenvalue weighted by molar-refractivity contribution is 9.10. The van der Waals surface area contributed by atoms with E-state index in [1.807, 2.05) is 13.8 Å². The molecule has 0 spiro atoms. The van der Waals surface area contributed by atoms with E-state index in [4.69, 9.17) is 9.47 Å². The Hall–Kier alpha value is -2.67. The lowest BCUT2D eigenvalue weighted by Gasteiger charge is -2.33. The predicted octanol–water partition coefficient (Wildman–Crippen LogP) is 6.16. The second-order valence-electron chi connectivity index (χ2n) is 8.22. The Bertz CT molecular complexity index is 998. The van der Waals surface area contributed by atoms with Gasteiger partial charge in [-0.1, -0.05) is 19.3 Å². The zero-order valence-electron chi connectivity index (χ0n) is 18.6. The lowest BCUT2D eigenvalue weighted by atomic mass is 9.87. The second-order valence-corrected chi connectivity index (χ2v) is 9.07. The van der Waals surface area contributed by atoms with Crippen LogP contribution in [0, 0.1) is 5.92 Å². The van der Waals surface area contributed by atoms with Crippen molar-refractivity contribution in [1.29, 1.82) is 0 Å². The van der Waals surface area contributed by atoms with Gasteiger partial charge in [-0.25, -0.2) is 4.79 Å². The first-order chi connectivity index (χ1) is 15.3. The monoisotopic (exact) mass is 501 g/mol. The van der Waals surface area contributed by atoms with Crippen molar-refractivity contribution < 1.29 is 23.9 Å². The van der Waals surface area contributed by atoms with Gasteiger partial charge in [-0.3, -0.25) is 9.59 Å². The van der Waals surface area contributed by atoms with Gasteiger partial charge in [0.1, 0.15) is 17.8 Å². The van der Waals surface area contributed by atoms with E-state index in [1.165, 1.54) is 7.11 Å². The summed E-state index contributed by atoms with van der Waals surface area (Å²) in [5, 5.41) is 0. The molecule has 2 aromatic carbocycles. The molecule has 7 heteroatoms. The van der Waals surface area contributed by atoms with Crippen molar-refractivity contribution in [1.82, 2.24) is 0 Å². The summed E-state index contributed by atoms with van der Waals surface area (Å²) in [6, 6.07) is 9.90. The molecule has 0 atom stereocenters. The first kappa shape index (κ1) is 24.0. The summed E-state index contributed by atoms with van der Waals surface area (Å²) in [7, 11) is 1.32. The molecule has 1 fully saturated rings. The average molecular weight is 502 g/mol. The van der Waals surface area contributed by atoms with Crippen LogP contribution in [0.5, 0.6) is 11.5 Å². The highest BCUT2D eigenvalue weighted by Gasteiger charge is 2.31. The number of halogens is 1. The number of amides is 1. The third-order valence-corrected chi connectivity index (χ3v) is 6.28. The van der Waals surface area contributed by atoms with E-state index in [2.05, 4.69) is 15.9 Å². The van der Waals surface area contributed by atoms with Crippen molar-refractivity contribution >= 4 is 39.8 Å². The van der Waals surface area contributed by atoms with Crippen LogP contribution in [0.15, 0.2) is 40.9 Å². The molecule has 0 N–H and O–H groups in total. The molecule has 32 heavy (non-hydrogen) atoms. The summed E-state index contributed by atoms with van der Waals surface area (Å²) >= 11 is 3.40. The number of rotatable bonds is 7. The number of methoxy groups -OCH3 is 1. The number of carbonyl (C=O) groups excluding carboxylic acids is 3. The SMILES string of the molecule is COC(=O)c1cc(Oc2ccc(C=O)cc2Br)ccc1N(C(=O)C1CCCCC1)C(C)C. The van der Waals surface area contributed by atoms with Gasteiger partial charge in [0.25, 0.3) is 0 Å². The van der Waals surface area contributed by atoms with Crippen LogP contribution in [-0.4, -0.2) is 31.3 Å². The molecule has 0 saturated heterocycles. The molecular weight excluding hydrogens is 474 g/mol. The number of benzene rings is 2. The van der Waals surface area contributed by atoms with Crippen molar-refractivity contribution in [2.45, 2.75) is 52.0 Å². The molecule has 0 radical (unpaired) electrons. The molecule has 3 rings (SSSR count). The van der Waals surface area contributed by atoms with Crippen LogP contribution in [0.25, 0.3) is 0 Å². The van der Waals surface area contributed by atoms with Gasteiger partial charge in [-0.15, -0.1) is 0 Å². The Balaban J connectivity index is 1.97. The zero-order valence-corrected chi connectivity index (χ0v) is 20.2. The Morgan fingerprint density at radius 3 is 2.41 bits per heavy atom. The van der Waals surface area contributed by atoms with Crippen LogP contribution in [-0.2, 0) is 9.53 Å². The minimum absolute atomic E-state index is 0.0279. The number of ether oxygens (including phenoxy) is 2. The van der Waals surface area contributed by atoms with Gasteiger partial charge in [0.15, 0.2) is 0 Å². The topological polar surface area (TPSA) is 72.9 Å². The minimum Gasteiger partial charge on any atom is -0.465 e. The quantitative estimate of drug-likeness (QED) is 0.335. The Kier molecular flexibility index (Phi) is 8.07. The van der Waals surface area contributed by atoms with Crippen LogP contribution in [0.1, 0.15) is 66.7 Å². The van der Waals surface area contributed by atoms with Crippen LogP contribution >= 0.6 is 15.9 Å². The highest BCUT2D eigenvalue weighted by atomic mass is 79.9. The smallest absolute Gasteiger partial charge is 0.340 e. The lowest BCUT2D eigenvalue weighted by Crippen LogP contribution is -2.42. The Morgan fingerprint density at radius 2 is 1.81 bits per heavy atom. The zero-order chi connectivity index (χ0) is 23.3. The van der Waals surface area contributed by atoms with Gasteiger partial charge in [-0.2, -0.15) is 0 Å². The van der Waals surface area contributed by atoms with Crippen LogP contribution in [0.2, 0.25) is 0 Å². The molecule has 0 bridgehead atoms. The number of anilines is 1. The lowest BCUT2D eigenvalue weighted by molar-refractivity contribution is -0.123. The maximum atomic E-state index is 13.4. The predicted molar refractivity (Wildman–Crippen MR) is 127 cm³/mol. The van der Waals surface area contributed by atoms with Crippen molar-refractivity contribution in [3.05, 3.63) is 52.0 Å². The standard InChI is InChI=1S/C25H28BrNO5/c1-16(2)27(24(29)18-7-5-4-6-8-18)22-11-10-19(14-20(22)25(30)31-3)32-23-12-9-17(15-28)13-21(23)26/h9-16,18H,4-8H2,1-3H3. The fourth-order valence-corrected chi connectivity index (χ4v) is 4.54. The normalized spacial score (nSPS) is 14.2. The number of carbonyl (C=O) groups is 3. The van der Waals surface area contributed by atoms with Gasteiger partial charge < -0.3 is 14.4 Å². The number of hydrogen-bond donors (Lipinski definition) is 0. The van der Waals surface area contributed by atoms with Crippen LogP contribution < -0.4 is 9.64 Å². The molecule has 1 aliphatic carbocycles. The number of esters is 1. The van der Waals surface area contributed by atoms with E-state index in [-0.39, 0.29) is 23.4 Å². The van der Waals surface area contributed by atoms with E-state index in [1.54, 1.807) is 41.3 Å². The van der Waals surface area contributed by atoms with E-state index < -0.39 is 5.97 Å². The molecule has 0 aliphatic heterocycles. The summed E-state index contributed by atoms with van der Waals surface area (Å²) in [6.07, 6.45) is 5.77. The number of aldehydes is 1. The number of nitrogens with zero attached hydrogens (tertiary/aromatic N) is 1. The van der Waals surface area contributed by atoms with Crippen molar-refractivity contribution in [3.63, 3.8) is 0 Å². The van der Waals surface area contributed by atoms with Gasteiger partial charge in [0, 0.05) is 17.5 Å². The Morgan fingerprint density at radius 1 is 1.09 bits per heavy atom. The molecule has 1 amide bonds. The molecule has 0 heterocycles. The van der Waals surface area contributed by atoms with Gasteiger partial charge in [-0.05, 0) is 79.0 Å². The molecule has 1 saturated carbocycles. The molecule has 0 unspecified atom stereocenters. The fourth-order valence-electron chi connectivity index (χ4n) is 4.06. The molecule has 0 aromatic heterocycles. The summed E-state index contributed by atoms with van der Waals surface area (Å²) < 4.78 is 11.6. The molecule has 6 nitrogen and oxygen atoms in total. The van der Waals surface area contributed by atoms with Gasteiger partial charge >= 0.3 is 5.97 Å². The van der Waals surface area contributed by atoms with Crippen LogP contribution in [0.4, 0.5) is 5.69 Å². The van der Waals surface area contributed by atoms with Crippen molar-refractivity contribution in [3.8, 4) is 11.5 Å². The summed E-state index contributed by atoms with van der Waals surface area (Å²) in [5.74, 6) is 0.397. The summed E-state index contributed by atoms with van der Waals surface area (Å²) in [6.45, 7) is 3.88. The molecular formula is C25H28BrNO5. The second kappa shape index (κ2) is 10.8. The maximum Gasteiger partial charge on any atom is 0.340 e. The largest absolute Gasteiger partial charge is 0.465 e. The molecule has 170 valence electrons. The summed E-state index contributed by atoms with van der Waals surface area (Å²) in [4.78, 5) is 38.7. The summed E-state index contributed by atoms with van der Waals surface area (Å²) in [5.41, 5.74) is 1.30.